The van der Waals surface area contributed by atoms with Crippen molar-refractivity contribution in [3.63, 3.8) is 0 Å². The third kappa shape index (κ3) is 3.31. The van der Waals surface area contributed by atoms with Gasteiger partial charge in [0.2, 0.25) is 10.0 Å². The first-order chi connectivity index (χ1) is 9.45. The minimum Gasteiger partial charge on any atom is -0.319 e. The SMILES string of the molecule is CNC[C@@H]1CCCN(S(=O)(=O)c2ccc(F)c(Cl)c2)C1. The Balaban J connectivity index is 2.23. The second-order valence-electron chi connectivity index (χ2n) is 5.00. The maximum atomic E-state index is 13.1. The van der Waals surface area contributed by atoms with E-state index in [0.717, 1.165) is 25.5 Å². The molecule has 0 aromatic heterocycles. The van der Waals surface area contributed by atoms with Crippen LogP contribution in [0.1, 0.15) is 12.8 Å². The summed E-state index contributed by atoms with van der Waals surface area (Å²) in [5, 5.41) is 2.90. The summed E-state index contributed by atoms with van der Waals surface area (Å²) in [6.07, 6.45) is 1.84. The van der Waals surface area contributed by atoms with Crippen molar-refractivity contribution in [2.45, 2.75) is 17.7 Å². The first kappa shape index (κ1) is 15.7. The maximum absolute atomic E-state index is 13.1. The van der Waals surface area contributed by atoms with Crippen molar-refractivity contribution in [3.8, 4) is 0 Å². The summed E-state index contributed by atoms with van der Waals surface area (Å²) in [5.74, 6) is -0.309. The largest absolute Gasteiger partial charge is 0.319 e. The molecule has 112 valence electrons. The number of nitrogens with zero attached hydrogens (tertiary/aromatic N) is 1. The number of sulfonamides is 1. The Bertz CT molecular complexity index is 578. The molecule has 0 aliphatic carbocycles. The molecule has 1 saturated heterocycles. The van der Waals surface area contributed by atoms with E-state index < -0.39 is 15.8 Å². The Hall–Kier alpha value is -0.690. The van der Waals surface area contributed by atoms with Crippen molar-refractivity contribution in [3.05, 3.63) is 29.0 Å². The summed E-state index contributed by atoms with van der Waals surface area (Å²) in [7, 11) is -1.74. The highest BCUT2D eigenvalue weighted by Gasteiger charge is 2.30. The fraction of sp³-hybridized carbons (Fsp3) is 0.538. The molecule has 7 heteroatoms. The van der Waals surface area contributed by atoms with E-state index in [0.29, 0.717) is 19.0 Å². The van der Waals surface area contributed by atoms with Crippen LogP contribution < -0.4 is 5.32 Å². The van der Waals surface area contributed by atoms with Gasteiger partial charge in [-0.1, -0.05) is 11.6 Å². The molecule has 1 aliphatic rings. The number of hydrogen-bond acceptors (Lipinski definition) is 3. The molecule has 1 heterocycles. The number of benzene rings is 1. The van der Waals surface area contributed by atoms with Gasteiger partial charge in [-0.3, -0.25) is 0 Å². The van der Waals surface area contributed by atoms with Gasteiger partial charge in [-0.25, -0.2) is 12.8 Å². The Kier molecular flexibility index (Phi) is 5.01. The fourth-order valence-corrected chi connectivity index (χ4v) is 4.31. The third-order valence-corrected chi connectivity index (χ3v) is 5.65. The number of nitrogens with one attached hydrogen (secondary N) is 1. The average Bonchev–Trinajstić information content (AvgIpc) is 2.42. The lowest BCUT2D eigenvalue weighted by Crippen LogP contribution is -2.42. The molecule has 0 amide bonds. The Morgan fingerprint density at radius 1 is 1.50 bits per heavy atom. The predicted octanol–water partition coefficient (Wildman–Crippen LogP) is 2.10. The van der Waals surface area contributed by atoms with Crippen LogP contribution in [0.25, 0.3) is 0 Å². The number of halogens is 2. The number of hydrogen-bond donors (Lipinski definition) is 1. The zero-order valence-electron chi connectivity index (χ0n) is 11.3. The highest BCUT2D eigenvalue weighted by molar-refractivity contribution is 7.89. The molecule has 0 radical (unpaired) electrons. The van der Waals surface area contributed by atoms with Crippen LogP contribution in [0.4, 0.5) is 4.39 Å². The molecule has 0 unspecified atom stereocenters. The van der Waals surface area contributed by atoms with Crippen LogP contribution in [0.2, 0.25) is 5.02 Å². The van der Waals surface area contributed by atoms with Crippen molar-refractivity contribution < 1.29 is 12.8 Å². The van der Waals surface area contributed by atoms with E-state index in [1.807, 2.05) is 7.05 Å². The molecule has 0 spiro atoms. The standard InChI is InChI=1S/C13H18ClFN2O2S/c1-16-8-10-3-2-6-17(9-10)20(18,19)11-4-5-13(15)12(14)7-11/h4-5,7,10,16H,2-3,6,8-9H2,1H3/t10-/m0/s1. The summed E-state index contributed by atoms with van der Waals surface area (Å²) in [4.78, 5) is 0.0500. The van der Waals surface area contributed by atoms with Crippen molar-refractivity contribution in [1.82, 2.24) is 9.62 Å². The molecule has 4 nitrogen and oxygen atoms in total. The fourth-order valence-electron chi connectivity index (χ4n) is 2.49. The van der Waals surface area contributed by atoms with E-state index in [9.17, 15) is 12.8 Å². The molecule has 1 fully saturated rings. The van der Waals surface area contributed by atoms with Gasteiger partial charge in [-0.05, 0) is 50.6 Å². The van der Waals surface area contributed by atoms with E-state index in [4.69, 9.17) is 11.6 Å². The van der Waals surface area contributed by atoms with E-state index in [1.54, 1.807) is 0 Å². The molecule has 1 atom stereocenters. The highest BCUT2D eigenvalue weighted by atomic mass is 35.5. The van der Waals surface area contributed by atoms with E-state index in [2.05, 4.69) is 5.32 Å². The van der Waals surface area contributed by atoms with Gasteiger partial charge < -0.3 is 5.32 Å². The molecule has 0 bridgehead atoms. The number of rotatable bonds is 4. The van der Waals surface area contributed by atoms with E-state index in [-0.39, 0.29) is 9.92 Å². The highest BCUT2D eigenvalue weighted by Crippen LogP contribution is 2.26. The van der Waals surface area contributed by atoms with Crippen LogP contribution in [-0.4, -0.2) is 39.4 Å². The molecule has 0 saturated carbocycles. The first-order valence-electron chi connectivity index (χ1n) is 6.55. The van der Waals surface area contributed by atoms with Crippen LogP contribution >= 0.6 is 11.6 Å². The summed E-state index contributed by atoms with van der Waals surface area (Å²) in [6, 6.07) is 3.52. The molecule has 1 aromatic carbocycles. The summed E-state index contributed by atoms with van der Waals surface area (Å²) < 4.78 is 39.7. The monoisotopic (exact) mass is 320 g/mol. The Labute approximate surface area is 124 Å². The van der Waals surface area contributed by atoms with Crippen LogP contribution in [-0.2, 0) is 10.0 Å². The first-order valence-corrected chi connectivity index (χ1v) is 8.36. The molecule has 20 heavy (non-hydrogen) atoms. The molecule has 1 aromatic rings. The topological polar surface area (TPSA) is 49.4 Å². The molecule has 1 N–H and O–H groups in total. The molecule has 2 rings (SSSR count). The lowest BCUT2D eigenvalue weighted by atomic mass is 10.00. The van der Waals surface area contributed by atoms with Crippen LogP contribution in [0.5, 0.6) is 0 Å². The zero-order valence-corrected chi connectivity index (χ0v) is 12.8. The third-order valence-electron chi connectivity index (χ3n) is 3.50. The van der Waals surface area contributed by atoms with Crippen LogP contribution in [0.15, 0.2) is 23.1 Å². The van der Waals surface area contributed by atoms with Gasteiger partial charge in [0.25, 0.3) is 0 Å². The Morgan fingerprint density at radius 2 is 2.25 bits per heavy atom. The van der Waals surface area contributed by atoms with Gasteiger partial charge in [0, 0.05) is 13.1 Å². The van der Waals surface area contributed by atoms with Crippen LogP contribution in [0.3, 0.4) is 0 Å². The van der Waals surface area contributed by atoms with Crippen molar-refractivity contribution >= 4 is 21.6 Å². The summed E-state index contributed by atoms with van der Waals surface area (Å²) in [6.45, 7) is 1.77. The smallest absolute Gasteiger partial charge is 0.243 e. The van der Waals surface area contributed by atoms with Gasteiger partial charge in [0.05, 0.1) is 9.92 Å². The summed E-state index contributed by atoms with van der Waals surface area (Å²) in [5.41, 5.74) is 0. The molecular formula is C13H18ClFN2O2S. The number of piperidine rings is 1. The van der Waals surface area contributed by atoms with Gasteiger partial charge >= 0.3 is 0 Å². The van der Waals surface area contributed by atoms with Gasteiger partial charge in [0.1, 0.15) is 5.82 Å². The van der Waals surface area contributed by atoms with Gasteiger partial charge in [0.15, 0.2) is 0 Å². The normalized spacial score (nSPS) is 21.1. The quantitative estimate of drug-likeness (QED) is 0.924. The van der Waals surface area contributed by atoms with Crippen molar-refractivity contribution in [1.29, 1.82) is 0 Å². The van der Waals surface area contributed by atoms with E-state index in [1.165, 1.54) is 16.4 Å². The minimum atomic E-state index is -3.60. The van der Waals surface area contributed by atoms with Gasteiger partial charge in [-0.15, -0.1) is 0 Å². The van der Waals surface area contributed by atoms with Crippen molar-refractivity contribution in [2.24, 2.45) is 5.92 Å². The zero-order chi connectivity index (χ0) is 14.8. The molecular weight excluding hydrogens is 303 g/mol. The van der Waals surface area contributed by atoms with Crippen molar-refractivity contribution in [2.75, 3.05) is 26.7 Å². The van der Waals surface area contributed by atoms with E-state index >= 15 is 0 Å². The summed E-state index contributed by atoms with van der Waals surface area (Å²) >= 11 is 5.67. The Morgan fingerprint density at radius 3 is 2.90 bits per heavy atom. The van der Waals surface area contributed by atoms with Crippen LogP contribution in [0, 0.1) is 11.7 Å². The average molecular weight is 321 g/mol. The lowest BCUT2D eigenvalue weighted by molar-refractivity contribution is 0.263. The second kappa shape index (κ2) is 6.39. The minimum absolute atomic E-state index is 0.0500. The van der Waals surface area contributed by atoms with Gasteiger partial charge in [-0.2, -0.15) is 4.31 Å². The maximum Gasteiger partial charge on any atom is 0.243 e. The lowest BCUT2D eigenvalue weighted by Gasteiger charge is -2.31. The second-order valence-corrected chi connectivity index (χ2v) is 7.35. The predicted molar refractivity (Wildman–Crippen MR) is 76.8 cm³/mol. The molecule has 1 aliphatic heterocycles.